The molecule has 0 N–H and O–H groups in total. The summed E-state index contributed by atoms with van der Waals surface area (Å²) < 4.78 is 0. The Hall–Kier alpha value is -0.260. The van der Waals surface area contributed by atoms with Crippen molar-refractivity contribution in [3.8, 4) is 0 Å². The van der Waals surface area contributed by atoms with E-state index in [0.29, 0.717) is 0 Å². The molecule has 1 unspecified atom stereocenters. The lowest BCUT2D eigenvalue weighted by atomic mass is 9.93. The minimum absolute atomic E-state index is 0.790. The zero-order valence-electron chi connectivity index (χ0n) is 15.1. The SMILES string of the molecule is CCCCCCCCCCCCCC(C)C(C)=C(C)C. The Bertz CT molecular complexity index is 232. The maximum Gasteiger partial charge on any atom is -0.0232 e. The van der Waals surface area contributed by atoms with Crippen molar-refractivity contribution in [2.45, 2.75) is 112 Å². The predicted octanol–water partition coefficient (Wildman–Crippen LogP) is 7.68. The molecule has 0 heteroatoms. The van der Waals surface area contributed by atoms with Crippen molar-refractivity contribution < 1.29 is 0 Å². The molecule has 0 aromatic rings. The van der Waals surface area contributed by atoms with Crippen LogP contribution in [0.3, 0.4) is 0 Å². The summed E-state index contributed by atoms with van der Waals surface area (Å²) in [6, 6.07) is 0. The highest BCUT2D eigenvalue weighted by atomic mass is 14.1. The number of hydrogen-bond donors (Lipinski definition) is 0. The van der Waals surface area contributed by atoms with Crippen molar-refractivity contribution >= 4 is 0 Å². The fraction of sp³-hybridized carbons (Fsp3) is 0.900. The summed E-state index contributed by atoms with van der Waals surface area (Å²) in [7, 11) is 0. The molecule has 0 aliphatic carbocycles. The first-order valence-electron chi connectivity index (χ1n) is 9.23. The molecule has 1 atom stereocenters. The van der Waals surface area contributed by atoms with Gasteiger partial charge in [0.05, 0.1) is 0 Å². The summed E-state index contributed by atoms with van der Waals surface area (Å²) >= 11 is 0. The van der Waals surface area contributed by atoms with E-state index in [9.17, 15) is 0 Å². The highest BCUT2D eigenvalue weighted by molar-refractivity contribution is 5.09. The molecule has 0 bridgehead atoms. The Morgan fingerprint density at radius 3 is 1.45 bits per heavy atom. The standard InChI is InChI=1S/C20H40/c1-6-7-8-9-10-11-12-13-14-15-16-17-19(4)20(5)18(2)3/h19H,6-17H2,1-5H3. The first-order valence-corrected chi connectivity index (χ1v) is 9.23. The van der Waals surface area contributed by atoms with Gasteiger partial charge in [-0.25, -0.2) is 0 Å². The lowest BCUT2D eigenvalue weighted by molar-refractivity contribution is 0.513. The molecular weight excluding hydrogens is 240 g/mol. The van der Waals surface area contributed by atoms with Crippen LogP contribution in [0.2, 0.25) is 0 Å². The van der Waals surface area contributed by atoms with Crippen molar-refractivity contribution in [1.29, 1.82) is 0 Å². The number of rotatable bonds is 13. The van der Waals surface area contributed by atoms with Crippen LogP contribution in [0.15, 0.2) is 11.1 Å². The molecule has 0 nitrogen and oxygen atoms in total. The molecule has 0 saturated carbocycles. The van der Waals surface area contributed by atoms with Gasteiger partial charge in [-0.3, -0.25) is 0 Å². The zero-order valence-corrected chi connectivity index (χ0v) is 15.1. The Kier molecular flexibility index (Phi) is 13.5. The summed E-state index contributed by atoms with van der Waals surface area (Å²) in [6.07, 6.45) is 17.3. The van der Waals surface area contributed by atoms with Gasteiger partial charge in [0.2, 0.25) is 0 Å². The third kappa shape index (κ3) is 11.6. The van der Waals surface area contributed by atoms with Gasteiger partial charge >= 0.3 is 0 Å². The van der Waals surface area contributed by atoms with Crippen molar-refractivity contribution in [2.75, 3.05) is 0 Å². The van der Waals surface area contributed by atoms with Crippen molar-refractivity contribution in [3.63, 3.8) is 0 Å². The third-order valence-corrected chi connectivity index (χ3v) is 4.77. The fourth-order valence-electron chi connectivity index (χ4n) is 2.82. The maximum absolute atomic E-state index is 2.39. The quantitative estimate of drug-likeness (QED) is 0.240. The van der Waals surface area contributed by atoms with E-state index >= 15 is 0 Å². The van der Waals surface area contributed by atoms with E-state index in [1.165, 1.54) is 82.6 Å². The van der Waals surface area contributed by atoms with Gasteiger partial charge in [0.25, 0.3) is 0 Å². The zero-order chi connectivity index (χ0) is 15.2. The van der Waals surface area contributed by atoms with E-state index in [4.69, 9.17) is 0 Å². The predicted molar refractivity (Wildman–Crippen MR) is 94.3 cm³/mol. The molecule has 0 fully saturated rings. The van der Waals surface area contributed by atoms with E-state index in [1.807, 2.05) is 0 Å². The monoisotopic (exact) mass is 280 g/mol. The highest BCUT2D eigenvalue weighted by Crippen LogP contribution is 2.21. The molecule has 0 aromatic heterocycles. The van der Waals surface area contributed by atoms with Crippen LogP contribution in [-0.2, 0) is 0 Å². The molecule has 0 radical (unpaired) electrons. The van der Waals surface area contributed by atoms with Gasteiger partial charge in [0.1, 0.15) is 0 Å². The minimum atomic E-state index is 0.790. The number of hydrogen-bond acceptors (Lipinski definition) is 0. The molecule has 0 aliphatic heterocycles. The number of allylic oxidation sites excluding steroid dienone is 2. The summed E-state index contributed by atoms with van der Waals surface area (Å²) in [4.78, 5) is 0. The van der Waals surface area contributed by atoms with E-state index in [-0.39, 0.29) is 0 Å². The summed E-state index contributed by atoms with van der Waals surface area (Å²) in [5.74, 6) is 0.790. The molecule has 0 heterocycles. The molecule has 120 valence electrons. The minimum Gasteiger partial charge on any atom is -0.0772 e. The summed E-state index contributed by atoms with van der Waals surface area (Å²) in [5.41, 5.74) is 3.12. The number of unbranched alkanes of at least 4 members (excludes halogenated alkanes) is 10. The molecule has 0 spiro atoms. The Morgan fingerprint density at radius 1 is 0.650 bits per heavy atom. The molecule has 0 amide bonds. The maximum atomic E-state index is 2.39. The van der Waals surface area contributed by atoms with Crippen LogP contribution in [0, 0.1) is 5.92 Å². The summed E-state index contributed by atoms with van der Waals surface area (Å²) in [6.45, 7) is 11.5. The topological polar surface area (TPSA) is 0 Å². The van der Waals surface area contributed by atoms with Crippen molar-refractivity contribution in [3.05, 3.63) is 11.1 Å². The largest absolute Gasteiger partial charge is 0.0772 e. The van der Waals surface area contributed by atoms with E-state index in [1.54, 1.807) is 5.57 Å². The van der Waals surface area contributed by atoms with Gasteiger partial charge in [-0.15, -0.1) is 0 Å². The lowest BCUT2D eigenvalue weighted by Gasteiger charge is -2.13. The lowest BCUT2D eigenvalue weighted by Crippen LogP contribution is -1.98. The average molecular weight is 281 g/mol. The van der Waals surface area contributed by atoms with Gasteiger partial charge in [-0.1, -0.05) is 95.6 Å². The van der Waals surface area contributed by atoms with Gasteiger partial charge < -0.3 is 0 Å². The Balaban J connectivity index is 3.27. The van der Waals surface area contributed by atoms with Crippen LogP contribution in [-0.4, -0.2) is 0 Å². The van der Waals surface area contributed by atoms with Gasteiger partial charge in [-0.05, 0) is 33.1 Å². The molecular formula is C20H40. The van der Waals surface area contributed by atoms with Crippen molar-refractivity contribution in [1.82, 2.24) is 0 Å². The molecule has 0 aromatic carbocycles. The Morgan fingerprint density at radius 2 is 1.05 bits per heavy atom. The van der Waals surface area contributed by atoms with Crippen LogP contribution in [0.25, 0.3) is 0 Å². The van der Waals surface area contributed by atoms with E-state index < -0.39 is 0 Å². The first kappa shape index (κ1) is 19.7. The highest BCUT2D eigenvalue weighted by Gasteiger charge is 2.05. The third-order valence-electron chi connectivity index (χ3n) is 4.77. The van der Waals surface area contributed by atoms with Crippen molar-refractivity contribution in [2.24, 2.45) is 5.92 Å². The second-order valence-corrected chi connectivity index (χ2v) is 6.91. The fourth-order valence-corrected chi connectivity index (χ4v) is 2.82. The second-order valence-electron chi connectivity index (χ2n) is 6.91. The van der Waals surface area contributed by atoms with Crippen LogP contribution in [0.1, 0.15) is 112 Å². The van der Waals surface area contributed by atoms with Crippen LogP contribution in [0.5, 0.6) is 0 Å². The summed E-state index contributed by atoms with van der Waals surface area (Å²) in [5, 5.41) is 0. The average Bonchev–Trinajstić information content (AvgIpc) is 2.43. The molecule has 0 rings (SSSR count). The van der Waals surface area contributed by atoms with Gasteiger partial charge in [-0.2, -0.15) is 0 Å². The Labute approximate surface area is 129 Å². The second kappa shape index (κ2) is 13.7. The normalized spacial score (nSPS) is 12.4. The van der Waals surface area contributed by atoms with Crippen LogP contribution < -0.4 is 0 Å². The van der Waals surface area contributed by atoms with Gasteiger partial charge in [0.15, 0.2) is 0 Å². The molecule has 0 saturated heterocycles. The van der Waals surface area contributed by atoms with Crippen LogP contribution >= 0.6 is 0 Å². The molecule has 20 heavy (non-hydrogen) atoms. The van der Waals surface area contributed by atoms with E-state index in [2.05, 4.69) is 34.6 Å². The van der Waals surface area contributed by atoms with Crippen LogP contribution in [0.4, 0.5) is 0 Å². The van der Waals surface area contributed by atoms with E-state index in [0.717, 1.165) is 5.92 Å². The molecule has 0 aliphatic rings. The smallest absolute Gasteiger partial charge is 0.0232 e. The van der Waals surface area contributed by atoms with Gasteiger partial charge in [0, 0.05) is 0 Å². The first-order chi connectivity index (χ1) is 9.59.